The molecule has 0 saturated heterocycles. The Morgan fingerprint density at radius 2 is 1.35 bits per heavy atom. The first kappa shape index (κ1) is 23.4. The van der Waals surface area contributed by atoms with Crippen LogP contribution in [0.25, 0.3) is 0 Å². The fourth-order valence-corrected chi connectivity index (χ4v) is 10.9. The molecule has 0 radical (unpaired) electrons. The Morgan fingerprint density at radius 1 is 0.941 bits per heavy atom. The minimum absolute atomic E-state index is 0. The van der Waals surface area contributed by atoms with Gasteiger partial charge in [-0.05, 0) is 0 Å². The number of hydrogen-bond donors (Lipinski definition) is 0. The van der Waals surface area contributed by atoms with E-state index >= 15 is 0 Å². The maximum atomic E-state index is 2.63. The van der Waals surface area contributed by atoms with Crippen LogP contribution in [-0.2, 0) is 13.3 Å². The zero-order valence-corrected chi connectivity index (χ0v) is 17.2. The SMILES string of the molecule is C[Si](C)(C)[Ti]([CH3])([CH3])([CH3])([CH3])[C]1=CC=CC1.Cl.Cl.Cl. The van der Waals surface area contributed by atoms with Gasteiger partial charge in [-0.3, -0.25) is 0 Å². The van der Waals surface area contributed by atoms with Gasteiger partial charge >= 0.3 is 88.3 Å². The standard InChI is InChI=1S/C5H5.C3H9Si.4CH3.3ClH.Ti/c1-2-4-5-3-1;1-4(2)3;;;;;;;;/h1-3H,4H2;1-3H3;4*1H3;3*1H;. The molecule has 0 atom stereocenters. The Hall–Kier alpha value is 1.28. The van der Waals surface area contributed by atoms with Crippen molar-refractivity contribution in [3.05, 3.63) is 22.1 Å². The smallest absolute Gasteiger partial charge is 0.147 e. The summed E-state index contributed by atoms with van der Waals surface area (Å²) in [5, 5.41) is 10.5. The van der Waals surface area contributed by atoms with Crippen molar-refractivity contribution < 1.29 is 13.3 Å². The van der Waals surface area contributed by atoms with Gasteiger partial charge in [0.1, 0.15) is 0 Å². The summed E-state index contributed by atoms with van der Waals surface area (Å²) in [6, 6.07) is 0. The molecule has 0 aromatic heterocycles. The molecule has 0 aromatic rings. The van der Waals surface area contributed by atoms with Crippen LogP contribution in [0.3, 0.4) is 0 Å². The van der Waals surface area contributed by atoms with Crippen LogP contribution in [0.1, 0.15) is 6.42 Å². The van der Waals surface area contributed by atoms with E-state index in [1.165, 1.54) is 6.42 Å². The van der Waals surface area contributed by atoms with Gasteiger partial charge in [0.15, 0.2) is 0 Å². The molecule has 0 heterocycles. The van der Waals surface area contributed by atoms with Crippen LogP contribution < -0.4 is 0 Å². The first-order chi connectivity index (χ1) is 5.89. The Kier molecular flexibility index (Phi) is 7.35. The summed E-state index contributed by atoms with van der Waals surface area (Å²) in [7, 11) is 0. The van der Waals surface area contributed by atoms with Gasteiger partial charge in [0.2, 0.25) is 0 Å². The topological polar surface area (TPSA) is 0 Å². The molecule has 0 fully saturated rings. The minimum atomic E-state index is -2.84. The summed E-state index contributed by atoms with van der Waals surface area (Å²) >= 11 is -2.84. The third-order valence-corrected chi connectivity index (χ3v) is 50.4. The second-order valence-electron chi connectivity index (χ2n) is 8.70. The largest absolute Gasteiger partial charge is 0.147 e. The van der Waals surface area contributed by atoms with Crippen LogP contribution in [0.2, 0.25) is 40.6 Å². The predicted molar refractivity (Wildman–Crippen MR) is 90.4 cm³/mol. The molecular weight excluding hydrogens is 326 g/mol. The Labute approximate surface area is 125 Å². The van der Waals surface area contributed by atoms with E-state index in [-0.39, 0.29) is 37.2 Å². The van der Waals surface area contributed by atoms with E-state index in [1.54, 1.807) is 3.88 Å². The molecule has 0 bridgehead atoms. The summed E-state index contributed by atoms with van der Waals surface area (Å²) < 4.78 is 1.78. The third kappa shape index (κ3) is 3.64. The summed E-state index contributed by atoms with van der Waals surface area (Å²) in [4.78, 5) is 0. The van der Waals surface area contributed by atoms with Crippen molar-refractivity contribution in [3.63, 3.8) is 0 Å². The van der Waals surface area contributed by atoms with Gasteiger partial charge < -0.3 is 0 Å². The summed E-state index contributed by atoms with van der Waals surface area (Å²) in [6.07, 6.45) is 8.19. The van der Waals surface area contributed by atoms with Gasteiger partial charge in [0, 0.05) is 0 Å². The van der Waals surface area contributed by atoms with Gasteiger partial charge in [-0.1, -0.05) is 0 Å². The number of hydrogen-bond acceptors (Lipinski definition) is 0. The van der Waals surface area contributed by atoms with Crippen LogP contribution >= 0.6 is 37.2 Å². The van der Waals surface area contributed by atoms with Crippen molar-refractivity contribution in [2.75, 3.05) is 0 Å². The van der Waals surface area contributed by atoms with Gasteiger partial charge in [0.05, 0.1) is 0 Å². The Bertz CT molecular complexity index is 330. The third-order valence-electron chi connectivity index (χ3n) is 5.59. The van der Waals surface area contributed by atoms with Crippen molar-refractivity contribution in [3.8, 4) is 0 Å². The van der Waals surface area contributed by atoms with Gasteiger partial charge in [-0.25, -0.2) is 0 Å². The molecule has 0 aromatic carbocycles. The molecular formula is C12H29Cl3SiTi. The summed E-state index contributed by atoms with van der Waals surface area (Å²) in [5.41, 5.74) is 0. The average Bonchev–Trinajstić information content (AvgIpc) is 2.30. The number of rotatable bonds is 2. The molecule has 0 aliphatic heterocycles. The molecule has 0 unspecified atom stereocenters. The van der Waals surface area contributed by atoms with Gasteiger partial charge in [0.25, 0.3) is 0 Å². The molecule has 1 rings (SSSR count). The van der Waals surface area contributed by atoms with Gasteiger partial charge in [-0.2, -0.15) is 0 Å². The first-order valence-corrected chi connectivity index (χ1v) is 18.6. The molecule has 17 heavy (non-hydrogen) atoms. The van der Waals surface area contributed by atoms with Crippen LogP contribution in [-0.4, -0.2) is 5.94 Å². The van der Waals surface area contributed by atoms with E-state index < -0.39 is 19.2 Å². The van der Waals surface area contributed by atoms with Crippen molar-refractivity contribution in [2.45, 2.75) is 47.0 Å². The first-order valence-electron chi connectivity index (χ1n) is 5.72. The van der Waals surface area contributed by atoms with E-state index in [0.717, 1.165) is 0 Å². The maximum Gasteiger partial charge on any atom is -0.147 e. The fraction of sp³-hybridized carbons (Fsp3) is 0.667. The van der Waals surface area contributed by atoms with Crippen molar-refractivity contribution in [1.29, 1.82) is 0 Å². The molecule has 0 N–H and O–H groups in total. The molecule has 106 valence electrons. The second-order valence-corrected chi connectivity index (χ2v) is 46.5. The van der Waals surface area contributed by atoms with Crippen LogP contribution in [0.4, 0.5) is 0 Å². The van der Waals surface area contributed by atoms with E-state index in [1.807, 2.05) is 0 Å². The molecule has 1 aliphatic carbocycles. The van der Waals surface area contributed by atoms with E-state index in [0.29, 0.717) is 0 Å². The van der Waals surface area contributed by atoms with Crippen LogP contribution in [0.5, 0.6) is 0 Å². The normalized spacial score (nSPS) is 18.9. The summed E-state index contributed by atoms with van der Waals surface area (Å²) in [6.45, 7) is 7.66. The molecule has 0 nitrogen and oxygen atoms in total. The summed E-state index contributed by atoms with van der Waals surface area (Å²) in [5.74, 6) is -1.12. The van der Waals surface area contributed by atoms with Crippen LogP contribution in [0.15, 0.2) is 22.1 Å². The molecule has 0 amide bonds. The quantitative estimate of drug-likeness (QED) is 0.506. The minimum Gasteiger partial charge on any atom is -0.147 e. The predicted octanol–water partition coefficient (Wildman–Crippen LogP) is 6.35. The second kappa shape index (κ2) is 5.34. The van der Waals surface area contributed by atoms with Crippen molar-refractivity contribution >= 4 is 43.2 Å². The van der Waals surface area contributed by atoms with Gasteiger partial charge in [-0.15, -0.1) is 37.2 Å². The van der Waals surface area contributed by atoms with Crippen molar-refractivity contribution in [1.82, 2.24) is 0 Å². The fourth-order valence-electron chi connectivity index (χ4n) is 1.76. The van der Waals surface area contributed by atoms with E-state index in [9.17, 15) is 0 Å². The zero-order valence-electron chi connectivity index (χ0n) is 12.2. The van der Waals surface area contributed by atoms with Crippen LogP contribution in [0, 0.1) is 0 Å². The molecule has 0 spiro atoms. The van der Waals surface area contributed by atoms with E-state index in [2.05, 4.69) is 58.8 Å². The number of halogens is 3. The average molecular weight is 356 g/mol. The van der Waals surface area contributed by atoms with Crippen molar-refractivity contribution in [2.24, 2.45) is 0 Å². The molecule has 1 aliphatic rings. The molecule has 5 heteroatoms. The number of allylic oxidation sites excluding steroid dienone is 4. The molecule has 0 saturated carbocycles. The monoisotopic (exact) mass is 354 g/mol. The van der Waals surface area contributed by atoms with E-state index in [4.69, 9.17) is 0 Å². The zero-order chi connectivity index (χ0) is 11.3. The Balaban J connectivity index is -0.000000653. The maximum absolute atomic E-state index is 2.84. The Morgan fingerprint density at radius 3 is 1.59 bits per heavy atom.